The number of benzene rings is 3. The molecular weight excluding hydrogens is 422 g/mol. The van der Waals surface area contributed by atoms with Crippen LogP contribution in [0, 0.1) is 0 Å². The van der Waals surface area contributed by atoms with Crippen molar-refractivity contribution in [2.24, 2.45) is 0 Å². The van der Waals surface area contributed by atoms with E-state index in [2.05, 4.69) is 63.4 Å². The number of hydrogen-bond donors (Lipinski definition) is 3. The van der Waals surface area contributed by atoms with Crippen LogP contribution in [0.25, 0.3) is 33.5 Å². The van der Waals surface area contributed by atoms with Crippen LogP contribution in [0.5, 0.6) is 0 Å². The van der Waals surface area contributed by atoms with Crippen LogP contribution in [0.2, 0.25) is 0 Å². The number of anilines is 1. The van der Waals surface area contributed by atoms with Gasteiger partial charge in [0.1, 0.15) is 5.82 Å². The predicted octanol–water partition coefficient (Wildman–Crippen LogP) is 4.73. The number of rotatable bonds is 4. The molecule has 0 radical (unpaired) electrons. The predicted molar refractivity (Wildman–Crippen MR) is 136 cm³/mol. The summed E-state index contributed by atoms with van der Waals surface area (Å²) in [5.41, 5.74) is 13.6. The van der Waals surface area contributed by atoms with Crippen LogP contribution < -0.4 is 11.3 Å². The number of fused-ring (bicyclic) bond motifs is 2. The Morgan fingerprint density at radius 3 is 2.47 bits per heavy atom. The number of H-pyrrole nitrogens is 2. The van der Waals surface area contributed by atoms with Gasteiger partial charge in [-0.3, -0.25) is 9.69 Å². The van der Waals surface area contributed by atoms with Crippen LogP contribution in [0.1, 0.15) is 16.8 Å². The van der Waals surface area contributed by atoms with Gasteiger partial charge in [-0.15, -0.1) is 0 Å². The Kier molecular flexibility index (Phi) is 5.00. The molecule has 6 rings (SSSR count). The highest BCUT2D eigenvalue weighted by Gasteiger charge is 2.24. The molecule has 0 atom stereocenters. The van der Waals surface area contributed by atoms with Crippen LogP contribution >= 0.6 is 0 Å². The van der Waals surface area contributed by atoms with Gasteiger partial charge < -0.3 is 15.7 Å². The van der Waals surface area contributed by atoms with E-state index in [0.717, 1.165) is 47.5 Å². The van der Waals surface area contributed by atoms with Gasteiger partial charge in [-0.25, -0.2) is 4.98 Å². The van der Waals surface area contributed by atoms with E-state index in [9.17, 15) is 4.79 Å². The van der Waals surface area contributed by atoms with E-state index in [1.54, 1.807) is 0 Å². The highest BCUT2D eigenvalue weighted by Crippen LogP contribution is 2.32. The second-order valence-corrected chi connectivity index (χ2v) is 8.81. The van der Waals surface area contributed by atoms with Crippen molar-refractivity contribution in [1.29, 1.82) is 0 Å². The number of nitrogens with two attached hydrogens (primary N) is 1. The summed E-state index contributed by atoms with van der Waals surface area (Å²) < 4.78 is 0. The average molecular weight is 448 g/mol. The fraction of sp³-hybridized carbons (Fsp3) is 0.143. The van der Waals surface area contributed by atoms with Gasteiger partial charge in [0.05, 0.1) is 17.0 Å². The zero-order valence-electron chi connectivity index (χ0n) is 18.7. The molecule has 0 amide bonds. The van der Waals surface area contributed by atoms with Crippen LogP contribution in [0.3, 0.4) is 0 Å². The topological polar surface area (TPSA) is 90.8 Å². The summed E-state index contributed by atoms with van der Waals surface area (Å²) in [6, 6.07) is 26.2. The van der Waals surface area contributed by atoms with Gasteiger partial charge >= 0.3 is 0 Å². The molecule has 1 aliphatic heterocycles. The third-order valence-corrected chi connectivity index (χ3v) is 6.59. The molecule has 0 spiro atoms. The number of nitrogens with zero attached hydrogens (tertiary/aromatic N) is 2. The normalized spacial score (nSPS) is 13.8. The molecule has 0 unspecified atom stereocenters. The second-order valence-electron chi connectivity index (χ2n) is 8.81. The van der Waals surface area contributed by atoms with E-state index in [4.69, 9.17) is 10.7 Å². The highest BCUT2D eigenvalue weighted by molar-refractivity contribution is 5.90. The van der Waals surface area contributed by atoms with Gasteiger partial charge in [-0.05, 0) is 41.5 Å². The number of aromatic amines is 2. The number of nitrogens with one attached hydrogen (secondary N) is 2. The summed E-state index contributed by atoms with van der Waals surface area (Å²) in [6.45, 7) is 2.18. The Hall–Kier alpha value is -4.16. The Morgan fingerprint density at radius 2 is 1.65 bits per heavy atom. The fourth-order valence-electron chi connectivity index (χ4n) is 4.83. The zero-order chi connectivity index (χ0) is 23.1. The maximum absolute atomic E-state index is 13.0. The molecule has 0 fully saturated rings. The third-order valence-electron chi connectivity index (χ3n) is 6.59. The average Bonchev–Trinajstić information content (AvgIpc) is 3.23. The van der Waals surface area contributed by atoms with Gasteiger partial charge in [-0.1, -0.05) is 48.5 Å². The maximum Gasteiger partial charge on any atom is 0.255 e. The minimum absolute atomic E-state index is 0.0660. The summed E-state index contributed by atoms with van der Waals surface area (Å²) in [7, 11) is 0. The lowest BCUT2D eigenvalue weighted by Crippen LogP contribution is -2.35. The molecule has 3 aromatic carbocycles. The zero-order valence-corrected chi connectivity index (χ0v) is 18.7. The largest absolute Gasteiger partial charge is 0.399 e. The number of hydrogen-bond acceptors (Lipinski definition) is 4. The van der Waals surface area contributed by atoms with Crippen LogP contribution in [0.4, 0.5) is 5.69 Å². The molecule has 168 valence electrons. The monoisotopic (exact) mass is 447 g/mol. The van der Waals surface area contributed by atoms with Gasteiger partial charge in [0, 0.05) is 48.2 Å². The Labute approximate surface area is 197 Å². The van der Waals surface area contributed by atoms with Crippen molar-refractivity contribution in [2.75, 3.05) is 12.3 Å². The fourth-order valence-corrected chi connectivity index (χ4v) is 4.83. The van der Waals surface area contributed by atoms with E-state index in [1.807, 2.05) is 30.3 Å². The van der Waals surface area contributed by atoms with E-state index in [0.29, 0.717) is 18.1 Å². The molecule has 2 aromatic heterocycles. The Balaban J connectivity index is 1.33. The summed E-state index contributed by atoms with van der Waals surface area (Å²) in [5, 5.41) is 1.22. The van der Waals surface area contributed by atoms with Crippen molar-refractivity contribution in [3.05, 3.63) is 106 Å². The molecule has 4 N–H and O–H groups in total. The number of nitrogen functional groups attached to an aromatic ring is 1. The van der Waals surface area contributed by atoms with Crippen molar-refractivity contribution in [2.45, 2.75) is 19.5 Å². The lowest BCUT2D eigenvalue weighted by molar-refractivity contribution is 0.243. The molecule has 0 bridgehead atoms. The standard InChI is InChI=1S/C28H25N5O/c29-20-12-10-19(11-13-20)27-31-25-14-15-33(17-23(25)28(34)32-27)16-22-21-8-4-5-9-24(21)30-26(22)18-6-2-1-3-7-18/h1-13,30H,14-17,29H2,(H,31,32,34). The first-order valence-corrected chi connectivity index (χ1v) is 11.5. The summed E-state index contributed by atoms with van der Waals surface area (Å²) in [4.78, 5) is 26.7. The lowest BCUT2D eigenvalue weighted by Gasteiger charge is -2.28. The summed E-state index contributed by atoms with van der Waals surface area (Å²) in [5.74, 6) is 0.597. The van der Waals surface area contributed by atoms with E-state index in [-0.39, 0.29) is 5.56 Å². The van der Waals surface area contributed by atoms with Gasteiger partial charge in [-0.2, -0.15) is 0 Å². The molecule has 0 saturated carbocycles. The lowest BCUT2D eigenvalue weighted by atomic mass is 10.0. The van der Waals surface area contributed by atoms with E-state index >= 15 is 0 Å². The SMILES string of the molecule is Nc1ccc(-c2nc3c(c(=O)[nH]2)CN(Cc2c(-c4ccccc4)[nH]c4ccccc24)CC3)cc1. The Morgan fingerprint density at radius 1 is 0.882 bits per heavy atom. The summed E-state index contributed by atoms with van der Waals surface area (Å²) >= 11 is 0. The molecule has 3 heterocycles. The molecule has 6 nitrogen and oxygen atoms in total. The Bertz CT molecular complexity index is 1530. The van der Waals surface area contributed by atoms with Crippen molar-refractivity contribution in [1.82, 2.24) is 19.9 Å². The van der Waals surface area contributed by atoms with Crippen LogP contribution in [-0.4, -0.2) is 26.4 Å². The molecular formula is C28H25N5O. The minimum Gasteiger partial charge on any atom is -0.399 e. The van der Waals surface area contributed by atoms with E-state index in [1.165, 1.54) is 16.5 Å². The molecule has 5 aromatic rings. The van der Waals surface area contributed by atoms with Gasteiger partial charge in [0.25, 0.3) is 5.56 Å². The van der Waals surface area contributed by atoms with Crippen LogP contribution in [-0.2, 0) is 19.5 Å². The van der Waals surface area contributed by atoms with Gasteiger partial charge in [0.15, 0.2) is 0 Å². The molecule has 34 heavy (non-hydrogen) atoms. The van der Waals surface area contributed by atoms with Crippen molar-refractivity contribution in [3.8, 4) is 22.6 Å². The second kappa shape index (κ2) is 8.32. The van der Waals surface area contributed by atoms with Crippen molar-refractivity contribution in [3.63, 3.8) is 0 Å². The molecule has 6 heteroatoms. The van der Waals surface area contributed by atoms with Crippen molar-refractivity contribution >= 4 is 16.6 Å². The van der Waals surface area contributed by atoms with Crippen LogP contribution in [0.15, 0.2) is 83.7 Å². The summed E-state index contributed by atoms with van der Waals surface area (Å²) in [6.07, 6.45) is 0.740. The first-order chi connectivity index (χ1) is 16.7. The minimum atomic E-state index is -0.0660. The van der Waals surface area contributed by atoms with Crippen molar-refractivity contribution < 1.29 is 0 Å². The first kappa shape index (κ1) is 20.4. The smallest absolute Gasteiger partial charge is 0.255 e. The molecule has 0 aliphatic carbocycles. The number of aromatic nitrogens is 3. The van der Waals surface area contributed by atoms with Gasteiger partial charge in [0.2, 0.25) is 0 Å². The third kappa shape index (κ3) is 3.68. The molecule has 0 saturated heterocycles. The highest BCUT2D eigenvalue weighted by atomic mass is 16.1. The number of para-hydroxylation sites is 1. The van der Waals surface area contributed by atoms with E-state index < -0.39 is 0 Å². The first-order valence-electron chi connectivity index (χ1n) is 11.5. The quantitative estimate of drug-likeness (QED) is 0.348. The molecule has 1 aliphatic rings. The maximum atomic E-state index is 13.0.